The summed E-state index contributed by atoms with van der Waals surface area (Å²) in [5.74, 6) is 2.22. The minimum atomic E-state index is 0.501. The predicted octanol–water partition coefficient (Wildman–Crippen LogP) is 2.30. The molecule has 2 rings (SSSR count). The third-order valence-corrected chi connectivity index (χ3v) is 3.50. The summed E-state index contributed by atoms with van der Waals surface area (Å²) in [4.78, 5) is 8.54. The molecule has 0 saturated heterocycles. The molecule has 0 amide bonds. The second-order valence-electron chi connectivity index (χ2n) is 5.28. The van der Waals surface area contributed by atoms with Crippen molar-refractivity contribution in [2.75, 3.05) is 14.2 Å². The van der Waals surface area contributed by atoms with Crippen LogP contribution in [0, 0.1) is 13.8 Å². The van der Waals surface area contributed by atoms with Crippen LogP contribution in [0.4, 0.5) is 0 Å². The van der Waals surface area contributed by atoms with Gasteiger partial charge in [-0.2, -0.15) is 0 Å². The SMILES string of the molecule is CN=C(NCc1ccc(COC)cc1)NCc1nc(C)c(C)o1. The molecule has 0 aliphatic rings. The summed E-state index contributed by atoms with van der Waals surface area (Å²) in [6.45, 7) is 5.67. The van der Waals surface area contributed by atoms with Gasteiger partial charge in [0.25, 0.3) is 0 Å². The maximum atomic E-state index is 5.54. The first-order valence-corrected chi connectivity index (χ1v) is 7.56. The van der Waals surface area contributed by atoms with Gasteiger partial charge in [0, 0.05) is 20.7 Å². The van der Waals surface area contributed by atoms with E-state index >= 15 is 0 Å². The van der Waals surface area contributed by atoms with Crippen LogP contribution in [-0.4, -0.2) is 25.1 Å². The first kappa shape index (κ1) is 17.0. The number of nitrogens with zero attached hydrogens (tertiary/aromatic N) is 2. The average Bonchev–Trinajstić information content (AvgIpc) is 2.87. The van der Waals surface area contributed by atoms with Gasteiger partial charge in [0.15, 0.2) is 5.96 Å². The lowest BCUT2D eigenvalue weighted by Gasteiger charge is -2.11. The molecular weight excluding hydrogens is 292 g/mol. The van der Waals surface area contributed by atoms with Crippen LogP contribution in [0.25, 0.3) is 0 Å². The number of benzene rings is 1. The number of hydrogen-bond donors (Lipinski definition) is 2. The van der Waals surface area contributed by atoms with Gasteiger partial charge in [-0.25, -0.2) is 4.98 Å². The van der Waals surface area contributed by atoms with Crippen LogP contribution < -0.4 is 10.6 Å². The molecule has 0 bridgehead atoms. The molecule has 1 aromatic carbocycles. The lowest BCUT2D eigenvalue weighted by atomic mass is 10.1. The van der Waals surface area contributed by atoms with Gasteiger partial charge in [0.1, 0.15) is 5.76 Å². The van der Waals surface area contributed by atoms with E-state index in [4.69, 9.17) is 9.15 Å². The number of hydrogen-bond acceptors (Lipinski definition) is 4. The molecule has 0 atom stereocenters. The summed E-state index contributed by atoms with van der Waals surface area (Å²) in [7, 11) is 3.44. The number of methoxy groups -OCH3 is 1. The van der Waals surface area contributed by atoms with Crippen molar-refractivity contribution in [3.05, 3.63) is 52.7 Å². The summed E-state index contributed by atoms with van der Waals surface area (Å²) in [5, 5.41) is 6.46. The Morgan fingerprint density at radius 1 is 1.13 bits per heavy atom. The van der Waals surface area contributed by atoms with Crippen LogP contribution in [0.1, 0.15) is 28.5 Å². The summed E-state index contributed by atoms with van der Waals surface area (Å²) in [6.07, 6.45) is 0. The van der Waals surface area contributed by atoms with E-state index < -0.39 is 0 Å². The molecule has 0 saturated carbocycles. The van der Waals surface area contributed by atoms with Crippen molar-refractivity contribution in [3.63, 3.8) is 0 Å². The van der Waals surface area contributed by atoms with Crippen LogP contribution >= 0.6 is 0 Å². The molecule has 2 aromatic rings. The van der Waals surface area contributed by atoms with Crippen molar-refractivity contribution in [2.45, 2.75) is 33.5 Å². The molecule has 0 radical (unpaired) electrons. The highest BCUT2D eigenvalue weighted by atomic mass is 16.5. The summed E-state index contributed by atoms with van der Waals surface area (Å²) in [6, 6.07) is 8.29. The van der Waals surface area contributed by atoms with E-state index in [1.807, 2.05) is 13.8 Å². The molecular formula is C17H24N4O2. The number of oxazole rings is 1. The maximum Gasteiger partial charge on any atom is 0.214 e. The monoisotopic (exact) mass is 316 g/mol. The predicted molar refractivity (Wildman–Crippen MR) is 90.2 cm³/mol. The highest BCUT2D eigenvalue weighted by Crippen LogP contribution is 2.08. The van der Waals surface area contributed by atoms with Crippen molar-refractivity contribution < 1.29 is 9.15 Å². The number of nitrogens with one attached hydrogen (secondary N) is 2. The fourth-order valence-corrected chi connectivity index (χ4v) is 2.10. The minimum absolute atomic E-state index is 0.501. The Kier molecular flexibility index (Phi) is 6.17. The number of ether oxygens (including phenoxy) is 1. The molecule has 6 nitrogen and oxygen atoms in total. The molecule has 1 heterocycles. The van der Waals surface area contributed by atoms with Crippen LogP contribution in [0.15, 0.2) is 33.7 Å². The maximum absolute atomic E-state index is 5.54. The van der Waals surface area contributed by atoms with Crippen molar-refractivity contribution in [3.8, 4) is 0 Å². The van der Waals surface area contributed by atoms with Crippen molar-refractivity contribution in [1.82, 2.24) is 15.6 Å². The first-order valence-electron chi connectivity index (χ1n) is 7.56. The number of aryl methyl sites for hydroxylation is 2. The van der Waals surface area contributed by atoms with Gasteiger partial charge in [-0.1, -0.05) is 24.3 Å². The van der Waals surface area contributed by atoms with Gasteiger partial charge >= 0.3 is 0 Å². The third-order valence-electron chi connectivity index (χ3n) is 3.50. The Labute approximate surface area is 137 Å². The normalized spacial score (nSPS) is 11.6. The van der Waals surface area contributed by atoms with E-state index in [0.29, 0.717) is 31.5 Å². The Morgan fingerprint density at radius 3 is 2.35 bits per heavy atom. The van der Waals surface area contributed by atoms with Crippen molar-refractivity contribution in [2.24, 2.45) is 4.99 Å². The van der Waals surface area contributed by atoms with Gasteiger partial charge < -0.3 is 19.8 Å². The van der Waals surface area contributed by atoms with Gasteiger partial charge in [-0.15, -0.1) is 0 Å². The van der Waals surface area contributed by atoms with Crippen LogP contribution in [0.5, 0.6) is 0 Å². The van der Waals surface area contributed by atoms with Crippen LogP contribution in [-0.2, 0) is 24.4 Å². The second kappa shape index (κ2) is 8.33. The van der Waals surface area contributed by atoms with Crippen molar-refractivity contribution in [1.29, 1.82) is 0 Å². The number of guanidine groups is 1. The number of aliphatic imine (C=N–C) groups is 1. The van der Waals surface area contributed by atoms with E-state index in [0.717, 1.165) is 17.0 Å². The largest absolute Gasteiger partial charge is 0.444 e. The number of rotatable bonds is 6. The van der Waals surface area contributed by atoms with Gasteiger partial charge in [0.05, 0.1) is 18.8 Å². The Morgan fingerprint density at radius 2 is 1.78 bits per heavy atom. The Bertz CT molecular complexity index is 628. The molecule has 23 heavy (non-hydrogen) atoms. The van der Waals surface area contributed by atoms with E-state index in [-0.39, 0.29) is 0 Å². The molecule has 0 unspecified atom stereocenters. The molecule has 6 heteroatoms. The molecule has 124 valence electrons. The highest BCUT2D eigenvalue weighted by Gasteiger charge is 2.06. The zero-order chi connectivity index (χ0) is 16.7. The summed E-state index contributed by atoms with van der Waals surface area (Å²) >= 11 is 0. The molecule has 0 aliphatic carbocycles. The van der Waals surface area contributed by atoms with Gasteiger partial charge in [0.2, 0.25) is 5.89 Å². The standard InChI is InChI=1S/C17H24N4O2/c1-12-13(2)23-16(21-12)10-20-17(18-3)19-9-14-5-7-15(8-6-14)11-22-4/h5-8H,9-11H2,1-4H3,(H2,18,19,20). The molecule has 1 aromatic heterocycles. The van der Waals surface area contributed by atoms with E-state index in [1.54, 1.807) is 14.2 Å². The smallest absolute Gasteiger partial charge is 0.214 e. The first-order chi connectivity index (χ1) is 11.1. The number of aromatic nitrogens is 1. The Hall–Kier alpha value is -2.34. The van der Waals surface area contributed by atoms with Gasteiger partial charge in [-0.3, -0.25) is 4.99 Å². The van der Waals surface area contributed by atoms with E-state index in [9.17, 15) is 0 Å². The summed E-state index contributed by atoms with van der Waals surface area (Å²) in [5.41, 5.74) is 3.25. The third kappa shape index (κ3) is 5.10. The molecule has 0 aliphatic heterocycles. The fraction of sp³-hybridized carbons (Fsp3) is 0.412. The van der Waals surface area contributed by atoms with Crippen molar-refractivity contribution >= 4 is 5.96 Å². The fourth-order valence-electron chi connectivity index (χ4n) is 2.10. The molecule has 0 fully saturated rings. The highest BCUT2D eigenvalue weighted by molar-refractivity contribution is 5.79. The minimum Gasteiger partial charge on any atom is -0.444 e. The van der Waals surface area contributed by atoms with E-state index in [1.165, 1.54) is 5.56 Å². The van der Waals surface area contributed by atoms with Crippen LogP contribution in [0.2, 0.25) is 0 Å². The second-order valence-corrected chi connectivity index (χ2v) is 5.28. The Balaban J connectivity index is 1.82. The van der Waals surface area contributed by atoms with E-state index in [2.05, 4.69) is 44.9 Å². The topological polar surface area (TPSA) is 71.7 Å². The lowest BCUT2D eigenvalue weighted by molar-refractivity contribution is 0.185. The average molecular weight is 316 g/mol. The lowest BCUT2D eigenvalue weighted by Crippen LogP contribution is -2.36. The quantitative estimate of drug-likeness (QED) is 0.632. The van der Waals surface area contributed by atoms with Gasteiger partial charge in [-0.05, 0) is 25.0 Å². The zero-order valence-electron chi connectivity index (χ0n) is 14.1. The zero-order valence-corrected chi connectivity index (χ0v) is 14.1. The molecule has 0 spiro atoms. The summed E-state index contributed by atoms with van der Waals surface area (Å²) < 4.78 is 10.6. The van der Waals surface area contributed by atoms with Crippen LogP contribution in [0.3, 0.4) is 0 Å². The molecule has 2 N–H and O–H groups in total.